The van der Waals surface area contributed by atoms with Crippen LogP contribution in [-0.2, 0) is 0 Å². The van der Waals surface area contributed by atoms with Gasteiger partial charge in [-0.25, -0.2) is 0 Å². The predicted octanol–water partition coefficient (Wildman–Crippen LogP) is 1.71. The third-order valence-electron chi connectivity index (χ3n) is 1.07. The van der Waals surface area contributed by atoms with Gasteiger partial charge in [-0.2, -0.15) is 0 Å². The Morgan fingerprint density at radius 3 is 2.70 bits per heavy atom. The molecule has 3 heteroatoms. The van der Waals surface area contributed by atoms with E-state index in [2.05, 4.69) is 11.9 Å². The molecule has 2 nitrogen and oxygen atoms in total. The molecule has 0 bridgehead atoms. The second kappa shape index (κ2) is 5.18. The van der Waals surface area contributed by atoms with Crippen LogP contribution in [0.5, 0.6) is 0 Å². The molecule has 0 spiro atoms. The zero-order valence-corrected chi connectivity index (χ0v) is 7.15. The van der Waals surface area contributed by atoms with E-state index in [1.165, 1.54) is 0 Å². The minimum atomic E-state index is 0.536. The summed E-state index contributed by atoms with van der Waals surface area (Å²) >= 11 is 5.63. The molecule has 10 heavy (non-hydrogen) atoms. The van der Waals surface area contributed by atoms with Crippen LogP contribution in [0.15, 0.2) is 24.1 Å². The van der Waals surface area contributed by atoms with E-state index in [-0.39, 0.29) is 0 Å². The van der Waals surface area contributed by atoms with Gasteiger partial charge in [-0.3, -0.25) is 0 Å². The van der Waals surface area contributed by atoms with E-state index in [1.54, 1.807) is 6.20 Å². The van der Waals surface area contributed by atoms with Gasteiger partial charge in [-0.15, -0.1) is 0 Å². The molecule has 0 heterocycles. The molecule has 58 valence electrons. The Morgan fingerprint density at radius 1 is 1.80 bits per heavy atom. The minimum Gasteiger partial charge on any atom is -0.393 e. The smallest absolute Gasteiger partial charge is 0.101 e. The zero-order valence-electron chi connectivity index (χ0n) is 6.39. The van der Waals surface area contributed by atoms with E-state index in [4.69, 9.17) is 11.6 Å². The zero-order chi connectivity index (χ0) is 7.98. The second-order valence-electron chi connectivity index (χ2n) is 1.77. The van der Waals surface area contributed by atoms with Gasteiger partial charge in [-0.1, -0.05) is 18.2 Å². The third kappa shape index (κ3) is 3.41. The van der Waals surface area contributed by atoms with Gasteiger partial charge in [-0.05, 0) is 6.92 Å². The van der Waals surface area contributed by atoms with E-state index in [0.717, 1.165) is 6.54 Å². The summed E-state index contributed by atoms with van der Waals surface area (Å²) in [5, 5.41) is 3.40. The van der Waals surface area contributed by atoms with Crippen LogP contribution in [0.4, 0.5) is 0 Å². The molecule has 0 amide bonds. The standard InChI is InChI=1S/C7H13ClN2/c1-4-10(7(2)8)6-5-9-3/h5-6,9H,2,4H2,1,3H3/b6-5-. The van der Waals surface area contributed by atoms with Crippen LogP contribution in [0.25, 0.3) is 0 Å². The lowest BCUT2D eigenvalue weighted by Gasteiger charge is -2.14. The van der Waals surface area contributed by atoms with Gasteiger partial charge >= 0.3 is 0 Å². The van der Waals surface area contributed by atoms with E-state index < -0.39 is 0 Å². The Kier molecular flexibility index (Phi) is 4.85. The minimum absolute atomic E-state index is 0.536. The fraction of sp³-hybridized carbons (Fsp3) is 0.429. The summed E-state index contributed by atoms with van der Waals surface area (Å²) < 4.78 is 0. The van der Waals surface area contributed by atoms with Crippen LogP contribution in [0.1, 0.15) is 6.92 Å². The number of rotatable bonds is 4. The monoisotopic (exact) mass is 160 g/mol. The van der Waals surface area contributed by atoms with Gasteiger partial charge in [0, 0.05) is 26.0 Å². The third-order valence-corrected chi connectivity index (χ3v) is 1.29. The maximum atomic E-state index is 5.63. The topological polar surface area (TPSA) is 15.3 Å². The van der Waals surface area contributed by atoms with Gasteiger partial charge < -0.3 is 10.2 Å². The molecule has 0 rings (SSSR count). The summed E-state index contributed by atoms with van der Waals surface area (Å²) in [6, 6.07) is 0. The second-order valence-corrected chi connectivity index (χ2v) is 2.20. The molecule has 0 radical (unpaired) electrons. The van der Waals surface area contributed by atoms with Gasteiger partial charge in [0.1, 0.15) is 5.16 Å². The van der Waals surface area contributed by atoms with Crippen LogP contribution in [0.3, 0.4) is 0 Å². The largest absolute Gasteiger partial charge is 0.393 e. The van der Waals surface area contributed by atoms with Crippen molar-refractivity contribution in [3.8, 4) is 0 Å². The van der Waals surface area contributed by atoms with Crippen molar-refractivity contribution in [1.82, 2.24) is 10.2 Å². The van der Waals surface area contributed by atoms with Crippen molar-refractivity contribution in [2.75, 3.05) is 13.6 Å². The number of nitrogens with one attached hydrogen (secondary N) is 1. The first-order chi connectivity index (χ1) is 4.72. The number of hydrogen-bond donors (Lipinski definition) is 1. The molecule has 0 saturated carbocycles. The molecule has 0 aromatic heterocycles. The Bertz CT molecular complexity index is 132. The van der Waals surface area contributed by atoms with E-state index >= 15 is 0 Å². The predicted molar refractivity (Wildman–Crippen MR) is 45.6 cm³/mol. The summed E-state index contributed by atoms with van der Waals surface area (Å²) in [5.41, 5.74) is 0. The summed E-state index contributed by atoms with van der Waals surface area (Å²) in [6.45, 7) is 6.43. The average Bonchev–Trinajstić information content (AvgIpc) is 1.89. The van der Waals surface area contributed by atoms with Crippen LogP contribution >= 0.6 is 11.6 Å². The van der Waals surface area contributed by atoms with Crippen molar-refractivity contribution in [2.24, 2.45) is 0 Å². The normalized spacial score (nSPS) is 9.90. The molecule has 0 saturated heterocycles. The highest BCUT2D eigenvalue weighted by atomic mass is 35.5. The van der Waals surface area contributed by atoms with E-state index in [0.29, 0.717) is 5.16 Å². The fourth-order valence-electron chi connectivity index (χ4n) is 0.522. The Labute approximate surface area is 67.2 Å². The van der Waals surface area contributed by atoms with Crippen LogP contribution < -0.4 is 5.32 Å². The lowest BCUT2D eigenvalue weighted by atomic mass is 10.6. The van der Waals surface area contributed by atoms with Crippen molar-refractivity contribution in [1.29, 1.82) is 0 Å². The lowest BCUT2D eigenvalue weighted by molar-refractivity contribution is 0.521. The summed E-state index contributed by atoms with van der Waals surface area (Å²) in [4.78, 5) is 1.83. The maximum Gasteiger partial charge on any atom is 0.101 e. The quantitative estimate of drug-likeness (QED) is 0.630. The maximum absolute atomic E-state index is 5.63. The van der Waals surface area contributed by atoms with Crippen molar-refractivity contribution in [2.45, 2.75) is 6.92 Å². The average molecular weight is 161 g/mol. The highest BCUT2D eigenvalue weighted by Gasteiger charge is 1.94. The number of nitrogens with zero attached hydrogens (tertiary/aromatic N) is 1. The van der Waals surface area contributed by atoms with E-state index in [1.807, 2.05) is 25.1 Å². The number of halogens is 1. The summed E-state index contributed by atoms with van der Waals surface area (Å²) in [5.74, 6) is 0. The molecular weight excluding hydrogens is 148 g/mol. The summed E-state index contributed by atoms with van der Waals surface area (Å²) in [6.07, 6.45) is 3.65. The molecule has 0 aromatic rings. The highest BCUT2D eigenvalue weighted by Crippen LogP contribution is 2.05. The van der Waals surface area contributed by atoms with Crippen molar-refractivity contribution >= 4 is 11.6 Å². The van der Waals surface area contributed by atoms with Gasteiger partial charge in [0.2, 0.25) is 0 Å². The molecule has 0 aliphatic carbocycles. The Balaban J connectivity index is 3.83. The first-order valence-electron chi connectivity index (χ1n) is 3.17. The first kappa shape index (κ1) is 9.37. The van der Waals surface area contributed by atoms with Crippen LogP contribution in [0, 0.1) is 0 Å². The Hall–Kier alpha value is -0.630. The van der Waals surface area contributed by atoms with Gasteiger partial charge in [0.05, 0.1) is 0 Å². The van der Waals surface area contributed by atoms with Crippen molar-refractivity contribution < 1.29 is 0 Å². The van der Waals surface area contributed by atoms with Gasteiger partial charge in [0.25, 0.3) is 0 Å². The molecule has 0 aromatic carbocycles. The van der Waals surface area contributed by atoms with Crippen molar-refractivity contribution in [3.63, 3.8) is 0 Å². The number of hydrogen-bond acceptors (Lipinski definition) is 2. The molecule has 0 fully saturated rings. The van der Waals surface area contributed by atoms with Crippen LogP contribution in [-0.4, -0.2) is 18.5 Å². The summed E-state index contributed by atoms with van der Waals surface area (Å²) in [7, 11) is 1.83. The van der Waals surface area contributed by atoms with Gasteiger partial charge in [0.15, 0.2) is 0 Å². The SMILES string of the molecule is C=C(Cl)N(/C=C\NC)CC. The molecule has 1 N–H and O–H groups in total. The Morgan fingerprint density at radius 2 is 2.40 bits per heavy atom. The molecule has 0 atom stereocenters. The van der Waals surface area contributed by atoms with Crippen molar-refractivity contribution in [3.05, 3.63) is 24.1 Å². The molecule has 0 aliphatic heterocycles. The highest BCUT2D eigenvalue weighted by molar-refractivity contribution is 6.28. The lowest BCUT2D eigenvalue weighted by Crippen LogP contribution is -2.12. The molecule has 0 aliphatic rings. The first-order valence-corrected chi connectivity index (χ1v) is 3.55. The fourth-order valence-corrected chi connectivity index (χ4v) is 0.698. The van der Waals surface area contributed by atoms with E-state index in [9.17, 15) is 0 Å². The molecular formula is C7H13ClN2. The molecule has 0 unspecified atom stereocenters. The van der Waals surface area contributed by atoms with Crippen LogP contribution in [0.2, 0.25) is 0 Å².